The molecule has 1 aromatic rings. The van der Waals surface area contributed by atoms with Crippen LogP contribution in [-0.2, 0) is 16.5 Å². The van der Waals surface area contributed by atoms with Gasteiger partial charge in [0.2, 0.25) is 5.54 Å². The first-order chi connectivity index (χ1) is 9.04. The van der Waals surface area contributed by atoms with Gasteiger partial charge in [-0.15, -0.1) is 0 Å². The Kier molecular flexibility index (Phi) is 4.62. The molecule has 1 N–H and O–H groups in total. The monoisotopic (exact) mass is 304 g/mol. The molecule has 0 aliphatic heterocycles. The van der Waals surface area contributed by atoms with Gasteiger partial charge in [0, 0.05) is 0 Å². The number of nitriles is 1. The van der Waals surface area contributed by atoms with Crippen molar-refractivity contribution in [1.82, 2.24) is 4.72 Å². The summed E-state index contributed by atoms with van der Waals surface area (Å²) in [5.41, 5.74) is -3.28. The molecule has 0 spiro atoms. The number of benzene rings is 1. The molecular weight excluding hydrogens is 289 g/mol. The largest absolute Gasteiger partial charge is 0.425 e. The molecule has 0 unspecified atom stereocenters. The third-order valence-electron chi connectivity index (χ3n) is 2.60. The Morgan fingerprint density at radius 2 is 1.65 bits per heavy atom. The summed E-state index contributed by atoms with van der Waals surface area (Å²) in [4.78, 5) is 0. The smallest absolute Gasteiger partial charge is 0.242 e. The van der Waals surface area contributed by atoms with Gasteiger partial charge in [0.05, 0.1) is 15.7 Å². The summed E-state index contributed by atoms with van der Waals surface area (Å²) in [6, 6.07) is 7.95. The molecule has 1 rings (SSSR count). The van der Waals surface area contributed by atoms with Crippen LogP contribution >= 0.6 is 0 Å². The Morgan fingerprint density at radius 3 is 2.00 bits per heavy atom. The van der Waals surface area contributed by atoms with Crippen LogP contribution in [0.3, 0.4) is 0 Å². The van der Waals surface area contributed by atoms with Crippen LogP contribution < -0.4 is 4.72 Å². The van der Waals surface area contributed by atoms with E-state index in [2.05, 4.69) is 0 Å². The summed E-state index contributed by atoms with van der Waals surface area (Å²) in [5.74, 6) is 0. The van der Waals surface area contributed by atoms with Crippen molar-refractivity contribution in [2.75, 3.05) is 0 Å². The molecule has 0 amide bonds. The SMILES string of the molecule is CC(C)(C)[S@@](=O)N[C@](C#N)(c1ccccc1)C(F)(F)F. The zero-order valence-corrected chi connectivity index (χ0v) is 12.1. The van der Waals surface area contributed by atoms with Gasteiger partial charge in [-0.05, 0) is 26.3 Å². The molecule has 0 aliphatic carbocycles. The molecule has 0 aliphatic rings. The van der Waals surface area contributed by atoms with Gasteiger partial charge < -0.3 is 0 Å². The number of alkyl halides is 3. The van der Waals surface area contributed by atoms with Gasteiger partial charge in [-0.1, -0.05) is 30.3 Å². The molecular formula is C13H15F3N2OS. The normalized spacial score (nSPS) is 17.1. The molecule has 0 aromatic heterocycles. The summed E-state index contributed by atoms with van der Waals surface area (Å²) < 4.78 is 53.2. The van der Waals surface area contributed by atoms with Gasteiger partial charge >= 0.3 is 6.18 Å². The summed E-state index contributed by atoms with van der Waals surface area (Å²) in [6.07, 6.45) is -4.90. The van der Waals surface area contributed by atoms with E-state index in [-0.39, 0.29) is 5.56 Å². The average molecular weight is 304 g/mol. The van der Waals surface area contributed by atoms with Crippen LogP contribution in [0.15, 0.2) is 30.3 Å². The first-order valence-corrected chi connectivity index (χ1v) is 6.93. The Bertz CT molecular complexity index is 531. The fourth-order valence-corrected chi connectivity index (χ4v) is 2.28. The predicted octanol–water partition coefficient (Wildman–Crippen LogP) is 3.02. The van der Waals surface area contributed by atoms with E-state index in [9.17, 15) is 17.4 Å². The van der Waals surface area contributed by atoms with E-state index < -0.39 is 27.4 Å². The molecule has 0 saturated carbocycles. The van der Waals surface area contributed by atoms with Gasteiger partial charge in [-0.2, -0.15) is 18.4 Å². The van der Waals surface area contributed by atoms with Crippen molar-refractivity contribution in [1.29, 1.82) is 5.26 Å². The summed E-state index contributed by atoms with van der Waals surface area (Å²) in [5, 5.41) is 9.11. The average Bonchev–Trinajstić information content (AvgIpc) is 2.34. The van der Waals surface area contributed by atoms with E-state index in [1.54, 1.807) is 6.07 Å². The minimum atomic E-state index is -4.90. The molecule has 0 heterocycles. The summed E-state index contributed by atoms with van der Waals surface area (Å²) in [6.45, 7) is 4.58. The standard InChI is InChI=1S/C13H15F3N2OS/c1-11(2,3)20(19)18-12(9-17,13(14,15)16)10-7-5-4-6-8-10/h4-8,18H,1-3H3/t12-,20-/m1/s1. The predicted molar refractivity (Wildman–Crippen MR) is 70.8 cm³/mol. The molecule has 2 atom stereocenters. The second-order valence-corrected chi connectivity index (χ2v) is 7.18. The molecule has 1 aromatic carbocycles. The van der Waals surface area contributed by atoms with E-state index in [1.165, 1.54) is 51.1 Å². The van der Waals surface area contributed by atoms with Crippen molar-refractivity contribution in [3.63, 3.8) is 0 Å². The zero-order valence-electron chi connectivity index (χ0n) is 11.3. The van der Waals surface area contributed by atoms with Crippen LogP contribution in [-0.4, -0.2) is 15.1 Å². The zero-order chi connectivity index (χ0) is 15.6. The fraction of sp³-hybridized carbons (Fsp3) is 0.462. The maximum absolute atomic E-state index is 13.4. The highest BCUT2D eigenvalue weighted by atomic mass is 32.2. The van der Waals surface area contributed by atoms with Crippen molar-refractivity contribution >= 4 is 11.0 Å². The molecule has 20 heavy (non-hydrogen) atoms. The molecule has 110 valence electrons. The Morgan fingerprint density at radius 1 is 1.15 bits per heavy atom. The molecule has 0 fully saturated rings. The van der Waals surface area contributed by atoms with Gasteiger partial charge in [0.15, 0.2) is 0 Å². The molecule has 0 radical (unpaired) electrons. The molecule has 3 nitrogen and oxygen atoms in total. The maximum Gasteiger partial charge on any atom is 0.425 e. The third-order valence-corrected chi connectivity index (χ3v) is 4.21. The van der Waals surface area contributed by atoms with Crippen molar-refractivity contribution in [3.05, 3.63) is 35.9 Å². The lowest BCUT2D eigenvalue weighted by Crippen LogP contribution is -2.56. The van der Waals surface area contributed by atoms with Crippen molar-refractivity contribution in [3.8, 4) is 6.07 Å². The Balaban J connectivity index is 3.38. The number of nitrogens with zero attached hydrogens (tertiary/aromatic N) is 1. The van der Waals surface area contributed by atoms with Crippen molar-refractivity contribution in [2.24, 2.45) is 0 Å². The fourth-order valence-electron chi connectivity index (χ4n) is 1.41. The number of rotatable bonds is 3. The molecule has 0 saturated heterocycles. The summed E-state index contributed by atoms with van der Waals surface area (Å²) >= 11 is 0. The van der Waals surface area contributed by atoms with Gasteiger partial charge in [-0.3, -0.25) is 0 Å². The number of hydrogen-bond acceptors (Lipinski definition) is 2. The maximum atomic E-state index is 13.4. The minimum Gasteiger partial charge on any atom is -0.242 e. The third kappa shape index (κ3) is 3.19. The van der Waals surface area contributed by atoms with Crippen LogP contribution in [0.25, 0.3) is 0 Å². The first-order valence-electron chi connectivity index (χ1n) is 5.78. The lowest BCUT2D eigenvalue weighted by Gasteiger charge is -2.32. The number of halogens is 3. The van der Waals surface area contributed by atoms with Gasteiger partial charge in [-0.25, -0.2) is 8.93 Å². The Labute approximate surface area is 118 Å². The lowest BCUT2D eigenvalue weighted by atomic mass is 9.92. The number of nitrogens with one attached hydrogen (secondary N) is 1. The van der Waals surface area contributed by atoms with Crippen LogP contribution in [0.5, 0.6) is 0 Å². The van der Waals surface area contributed by atoms with Crippen LogP contribution in [0, 0.1) is 11.3 Å². The van der Waals surface area contributed by atoms with E-state index in [4.69, 9.17) is 5.26 Å². The van der Waals surface area contributed by atoms with Gasteiger partial charge in [0.25, 0.3) is 0 Å². The lowest BCUT2D eigenvalue weighted by molar-refractivity contribution is -0.176. The minimum absolute atomic E-state index is 0.285. The highest BCUT2D eigenvalue weighted by Crippen LogP contribution is 2.39. The van der Waals surface area contributed by atoms with Crippen LogP contribution in [0.2, 0.25) is 0 Å². The molecule has 7 heteroatoms. The second kappa shape index (κ2) is 5.54. The van der Waals surface area contributed by atoms with Gasteiger partial charge in [0.1, 0.15) is 6.07 Å². The molecule has 0 bridgehead atoms. The Hall–Kier alpha value is -1.39. The highest BCUT2D eigenvalue weighted by Gasteiger charge is 2.58. The van der Waals surface area contributed by atoms with E-state index in [0.29, 0.717) is 0 Å². The highest BCUT2D eigenvalue weighted by molar-refractivity contribution is 7.84. The quantitative estimate of drug-likeness (QED) is 0.933. The topological polar surface area (TPSA) is 52.9 Å². The number of hydrogen-bond donors (Lipinski definition) is 1. The second-order valence-electron chi connectivity index (χ2n) is 5.21. The summed E-state index contributed by atoms with van der Waals surface area (Å²) in [7, 11) is -2.05. The van der Waals surface area contributed by atoms with Crippen molar-refractivity contribution in [2.45, 2.75) is 37.2 Å². The van der Waals surface area contributed by atoms with E-state index >= 15 is 0 Å². The van der Waals surface area contributed by atoms with Crippen LogP contribution in [0.1, 0.15) is 26.3 Å². The van der Waals surface area contributed by atoms with E-state index in [0.717, 1.165) is 0 Å². The van der Waals surface area contributed by atoms with E-state index in [1.807, 2.05) is 4.72 Å². The first kappa shape index (κ1) is 16.7. The van der Waals surface area contributed by atoms with Crippen LogP contribution in [0.4, 0.5) is 13.2 Å². The van der Waals surface area contributed by atoms with Crippen molar-refractivity contribution < 1.29 is 17.4 Å².